The standard InChI is InChI=1S/C42H40Cl2FN3O7/c1-54-33-20-25(21-34(55-2)36(33)49)8-15-32-29-13-14-30-35(38(51)47(37(30)50)28-16-18-46(19-17-28)23-24-6-4-3-5-7-24)31(29)22-41(43)39(52)48(40(53)42(32,41)44)27-11-9-26(45)10-12-27/h3-13,15,20-21,28,30-32,35,49H,14,16-19,22-23H2,1-2H3/t30-,31+,32-,35-,41+,42-/m0/s1. The smallest absolute Gasteiger partial charge is 0.258 e. The Morgan fingerprint density at radius 1 is 0.891 bits per heavy atom. The van der Waals surface area contributed by atoms with E-state index in [0.717, 1.165) is 36.7 Å². The number of piperidine rings is 1. The van der Waals surface area contributed by atoms with Gasteiger partial charge in [-0.25, -0.2) is 9.29 Å². The summed E-state index contributed by atoms with van der Waals surface area (Å²) in [5.41, 5.74) is 2.47. The number of nitrogens with zero attached hydrogens (tertiary/aromatic N) is 3. The van der Waals surface area contributed by atoms with Crippen molar-refractivity contribution in [3.63, 3.8) is 0 Å². The summed E-state index contributed by atoms with van der Waals surface area (Å²) in [6.07, 6.45) is 6.60. The number of amides is 4. The number of likely N-dealkylation sites (tertiary alicyclic amines) is 2. The number of allylic oxidation sites excluding steroid dienone is 3. The summed E-state index contributed by atoms with van der Waals surface area (Å²) < 4.78 is 24.7. The van der Waals surface area contributed by atoms with Crippen molar-refractivity contribution >= 4 is 58.6 Å². The number of ether oxygens (including phenoxy) is 2. The van der Waals surface area contributed by atoms with E-state index in [0.29, 0.717) is 24.0 Å². The summed E-state index contributed by atoms with van der Waals surface area (Å²) in [6.45, 7) is 2.25. The van der Waals surface area contributed by atoms with E-state index in [4.69, 9.17) is 32.7 Å². The molecule has 8 rings (SSSR count). The second-order valence-corrected chi connectivity index (χ2v) is 16.2. The fourth-order valence-electron chi connectivity index (χ4n) is 9.43. The van der Waals surface area contributed by atoms with Gasteiger partial charge >= 0.3 is 0 Å². The lowest BCUT2D eigenvalue weighted by Gasteiger charge is -2.49. The number of carbonyl (C=O) groups excluding carboxylic acids is 4. The van der Waals surface area contributed by atoms with Gasteiger partial charge in [-0.1, -0.05) is 54.1 Å². The summed E-state index contributed by atoms with van der Waals surface area (Å²) in [7, 11) is 2.80. The van der Waals surface area contributed by atoms with Gasteiger partial charge in [0.2, 0.25) is 17.6 Å². The molecular formula is C42H40Cl2FN3O7. The van der Waals surface area contributed by atoms with E-state index in [1.807, 2.05) is 24.3 Å². The van der Waals surface area contributed by atoms with Crippen LogP contribution in [0.4, 0.5) is 10.1 Å². The molecule has 2 aliphatic carbocycles. The number of alkyl halides is 2. The van der Waals surface area contributed by atoms with Crippen LogP contribution in [0.2, 0.25) is 0 Å². The van der Waals surface area contributed by atoms with Crippen molar-refractivity contribution in [1.82, 2.24) is 9.80 Å². The Bertz CT molecular complexity index is 2100. The fraction of sp³-hybridized carbons (Fsp3) is 0.381. The Balaban J connectivity index is 1.15. The molecule has 3 aromatic carbocycles. The van der Waals surface area contributed by atoms with Crippen LogP contribution in [0.1, 0.15) is 36.8 Å². The second kappa shape index (κ2) is 14.1. The molecule has 0 spiro atoms. The number of anilines is 1. The normalized spacial score (nSPS) is 29.7. The molecule has 0 radical (unpaired) electrons. The molecule has 1 saturated carbocycles. The van der Waals surface area contributed by atoms with Crippen molar-refractivity contribution in [2.75, 3.05) is 32.2 Å². The number of fused-ring (bicyclic) bond motifs is 4. The van der Waals surface area contributed by atoms with Gasteiger partial charge in [0.1, 0.15) is 5.82 Å². The predicted molar refractivity (Wildman–Crippen MR) is 204 cm³/mol. The van der Waals surface area contributed by atoms with Gasteiger partial charge < -0.3 is 14.6 Å². The van der Waals surface area contributed by atoms with E-state index in [9.17, 15) is 28.7 Å². The number of aromatic hydroxyl groups is 1. The zero-order chi connectivity index (χ0) is 38.8. The Hall–Kier alpha value is -4.71. The summed E-state index contributed by atoms with van der Waals surface area (Å²) in [5.74, 6) is -5.72. The van der Waals surface area contributed by atoms with Crippen molar-refractivity contribution < 1.29 is 38.1 Å². The minimum atomic E-state index is -2.06. The number of phenols is 1. The van der Waals surface area contributed by atoms with E-state index in [2.05, 4.69) is 17.0 Å². The molecule has 5 aliphatic rings. The number of halogens is 3. The van der Waals surface area contributed by atoms with Crippen LogP contribution in [0.5, 0.6) is 17.2 Å². The van der Waals surface area contributed by atoms with Gasteiger partial charge in [-0.15, -0.1) is 23.2 Å². The van der Waals surface area contributed by atoms with Crippen LogP contribution in [0.15, 0.2) is 84.5 Å². The van der Waals surface area contributed by atoms with Gasteiger partial charge in [-0.05, 0) is 79.1 Å². The average molecular weight is 789 g/mol. The lowest BCUT2D eigenvalue weighted by Crippen LogP contribution is -2.60. The number of hydrogen-bond acceptors (Lipinski definition) is 8. The van der Waals surface area contributed by atoms with Crippen molar-refractivity contribution in [1.29, 1.82) is 0 Å². The molecule has 55 heavy (non-hydrogen) atoms. The van der Waals surface area contributed by atoms with Gasteiger partial charge in [0.25, 0.3) is 11.8 Å². The Labute approximate surface area is 328 Å². The van der Waals surface area contributed by atoms with Crippen LogP contribution in [0.25, 0.3) is 6.08 Å². The summed E-state index contributed by atoms with van der Waals surface area (Å²) in [6, 6.07) is 18.0. The van der Waals surface area contributed by atoms with Crippen LogP contribution >= 0.6 is 23.2 Å². The maximum atomic E-state index is 14.6. The molecule has 0 aromatic heterocycles. The second-order valence-electron chi connectivity index (χ2n) is 15.0. The molecule has 13 heteroatoms. The molecular weight excluding hydrogens is 748 g/mol. The van der Waals surface area contributed by atoms with Crippen molar-refractivity contribution in [2.45, 2.75) is 48.0 Å². The molecule has 3 heterocycles. The number of phenolic OH excluding ortho intramolecular Hbond substituents is 1. The van der Waals surface area contributed by atoms with E-state index in [-0.39, 0.29) is 53.6 Å². The molecule has 4 amide bonds. The van der Waals surface area contributed by atoms with Crippen LogP contribution in [-0.2, 0) is 25.7 Å². The number of hydrogen-bond donors (Lipinski definition) is 1. The molecule has 0 unspecified atom stereocenters. The van der Waals surface area contributed by atoms with Gasteiger partial charge in [-0.2, -0.15) is 0 Å². The molecule has 1 N–H and O–H groups in total. The highest BCUT2D eigenvalue weighted by Crippen LogP contribution is 2.63. The Morgan fingerprint density at radius 3 is 2.18 bits per heavy atom. The molecule has 6 atom stereocenters. The lowest BCUT2D eigenvalue weighted by molar-refractivity contribution is -0.144. The molecule has 4 fully saturated rings. The van der Waals surface area contributed by atoms with Gasteiger partial charge in [0.05, 0.1) is 31.7 Å². The first-order valence-corrected chi connectivity index (χ1v) is 19.2. The highest BCUT2D eigenvalue weighted by Gasteiger charge is 2.76. The number of methoxy groups -OCH3 is 2. The Kier molecular flexibility index (Phi) is 9.54. The average Bonchev–Trinajstić information content (AvgIpc) is 3.53. The summed E-state index contributed by atoms with van der Waals surface area (Å²) in [4.78, 5) is 58.4. The SMILES string of the molecule is COc1cc(C=C[C@H]2C3=CC[C@@H]4C(=O)N(C5CCN(Cc6ccccc6)CC5)C(=O)[C@@H]4[C@@H]3C[C@@]3(Cl)C(=O)N(c4ccc(F)cc4)C(=O)[C@@]23Cl)cc(OC)c1O. The third-order valence-electron chi connectivity index (χ3n) is 12.1. The fourth-order valence-corrected chi connectivity index (χ4v) is 10.3. The maximum absolute atomic E-state index is 14.6. The van der Waals surface area contributed by atoms with E-state index in [1.54, 1.807) is 24.3 Å². The molecule has 286 valence electrons. The van der Waals surface area contributed by atoms with E-state index in [1.165, 1.54) is 36.8 Å². The first-order valence-electron chi connectivity index (χ1n) is 18.4. The molecule has 3 aliphatic heterocycles. The lowest BCUT2D eigenvalue weighted by atomic mass is 9.57. The molecule has 3 aromatic rings. The first-order chi connectivity index (χ1) is 26.4. The topological polar surface area (TPSA) is 117 Å². The largest absolute Gasteiger partial charge is 0.502 e. The third-order valence-corrected chi connectivity index (χ3v) is 13.6. The number of rotatable bonds is 8. The van der Waals surface area contributed by atoms with Crippen LogP contribution in [0, 0.1) is 29.5 Å². The van der Waals surface area contributed by atoms with Crippen molar-refractivity contribution in [2.24, 2.45) is 23.7 Å². The van der Waals surface area contributed by atoms with Gasteiger partial charge in [-0.3, -0.25) is 29.0 Å². The maximum Gasteiger partial charge on any atom is 0.258 e. The zero-order valence-corrected chi connectivity index (χ0v) is 31.8. The minimum absolute atomic E-state index is 0.105. The van der Waals surface area contributed by atoms with E-state index >= 15 is 0 Å². The van der Waals surface area contributed by atoms with Gasteiger partial charge in [0.15, 0.2) is 21.2 Å². The first kappa shape index (κ1) is 37.2. The monoisotopic (exact) mass is 787 g/mol. The van der Waals surface area contributed by atoms with Crippen LogP contribution < -0.4 is 14.4 Å². The Morgan fingerprint density at radius 2 is 1.55 bits per heavy atom. The van der Waals surface area contributed by atoms with E-state index < -0.39 is 51.1 Å². The van der Waals surface area contributed by atoms with Gasteiger partial charge in [0, 0.05) is 31.6 Å². The zero-order valence-electron chi connectivity index (χ0n) is 30.3. The third kappa shape index (κ3) is 5.85. The molecule has 0 bridgehead atoms. The molecule has 10 nitrogen and oxygen atoms in total. The number of carbonyl (C=O) groups is 4. The quantitative estimate of drug-likeness (QED) is 0.160. The van der Waals surface area contributed by atoms with Crippen LogP contribution in [-0.4, -0.2) is 81.6 Å². The van der Waals surface area contributed by atoms with Crippen LogP contribution in [0.3, 0.4) is 0 Å². The predicted octanol–water partition coefficient (Wildman–Crippen LogP) is 6.32. The number of imide groups is 2. The number of benzene rings is 3. The minimum Gasteiger partial charge on any atom is -0.502 e. The highest BCUT2D eigenvalue weighted by atomic mass is 35.5. The summed E-state index contributed by atoms with van der Waals surface area (Å²) >= 11 is 14.9. The van der Waals surface area contributed by atoms with Crippen molar-refractivity contribution in [3.05, 3.63) is 101 Å². The summed E-state index contributed by atoms with van der Waals surface area (Å²) in [5, 5.41) is 10.5. The van der Waals surface area contributed by atoms with Crippen molar-refractivity contribution in [3.8, 4) is 17.2 Å². The molecule has 3 saturated heterocycles. The highest BCUT2D eigenvalue weighted by molar-refractivity contribution is 6.58.